The van der Waals surface area contributed by atoms with Crippen molar-refractivity contribution in [2.45, 2.75) is 51.6 Å². The van der Waals surface area contributed by atoms with Gasteiger partial charge in [-0.1, -0.05) is 20.3 Å². The first-order chi connectivity index (χ1) is 10.1. The number of aromatic nitrogens is 5. The van der Waals surface area contributed by atoms with Crippen LogP contribution in [0.4, 0.5) is 0 Å². The van der Waals surface area contributed by atoms with Crippen LogP contribution >= 0.6 is 0 Å². The molecule has 0 spiro atoms. The largest absolute Gasteiger partial charge is 0.288 e. The minimum atomic E-state index is 0.341. The zero-order chi connectivity index (χ0) is 14.8. The summed E-state index contributed by atoms with van der Waals surface area (Å²) in [6.45, 7) is 6.27. The molecule has 6 nitrogen and oxygen atoms in total. The van der Waals surface area contributed by atoms with Gasteiger partial charge < -0.3 is 0 Å². The van der Waals surface area contributed by atoms with E-state index < -0.39 is 0 Å². The number of nitrogens with one attached hydrogen (secondary N) is 1. The lowest BCUT2D eigenvalue weighted by atomic mass is 10.0. The number of likely N-dealkylation sites (tertiary alicyclic amines) is 1. The standard InChI is InChI=1S/C15H24N6/c1-11(2)14-17-15(19-18-14)13-6-4-5-9-21(13)10-12-7-8-16-20(12)3/h7-8,11,13H,4-6,9-10H2,1-3H3,(H,17,18,19)/t13-/m1/s1. The van der Waals surface area contributed by atoms with Gasteiger partial charge in [0.25, 0.3) is 0 Å². The maximum absolute atomic E-state index is 4.70. The van der Waals surface area contributed by atoms with Gasteiger partial charge >= 0.3 is 0 Å². The summed E-state index contributed by atoms with van der Waals surface area (Å²) in [5.74, 6) is 2.29. The average Bonchev–Trinajstić information content (AvgIpc) is 3.10. The summed E-state index contributed by atoms with van der Waals surface area (Å²) >= 11 is 0. The van der Waals surface area contributed by atoms with Gasteiger partial charge in [-0.15, -0.1) is 0 Å². The molecule has 21 heavy (non-hydrogen) atoms. The number of hydrogen-bond donors (Lipinski definition) is 1. The lowest BCUT2D eigenvalue weighted by Crippen LogP contribution is -2.34. The maximum atomic E-state index is 4.70. The number of hydrogen-bond acceptors (Lipinski definition) is 4. The molecule has 1 atom stereocenters. The molecule has 3 heterocycles. The summed E-state index contributed by atoms with van der Waals surface area (Å²) in [4.78, 5) is 7.20. The molecule has 6 heteroatoms. The Morgan fingerprint density at radius 3 is 2.90 bits per heavy atom. The van der Waals surface area contributed by atoms with Crippen molar-refractivity contribution < 1.29 is 0 Å². The van der Waals surface area contributed by atoms with E-state index in [1.165, 1.54) is 18.5 Å². The predicted molar refractivity (Wildman–Crippen MR) is 80.7 cm³/mol. The molecule has 3 rings (SSSR count). The highest BCUT2D eigenvalue weighted by molar-refractivity contribution is 5.05. The Balaban J connectivity index is 1.79. The highest BCUT2D eigenvalue weighted by atomic mass is 15.3. The van der Waals surface area contributed by atoms with Crippen LogP contribution in [0.3, 0.4) is 0 Å². The quantitative estimate of drug-likeness (QED) is 0.938. The second-order valence-corrected chi connectivity index (χ2v) is 6.16. The van der Waals surface area contributed by atoms with Gasteiger partial charge in [-0.2, -0.15) is 10.2 Å². The summed E-state index contributed by atoms with van der Waals surface area (Å²) in [7, 11) is 2.00. The van der Waals surface area contributed by atoms with Crippen LogP contribution in [0.1, 0.15) is 62.4 Å². The van der Waals surface area contributed by atoms with E-state index in [4.69, 9.17) is 4.98 Å². The van der Waals surface area contributed by atoms with E-state index in [9.17, 15) is 0 Å². The topological polar surface area (TPSA) is 62.6 Å². The Labute approximate surface area is 125 Å². The first-order valence-corrected chi connectivity index (χ1v) is 7.78. The van der Waals surface area contributed by atoms with Crippen molar-refractivity contribution in [2.75, 3.05) is 6.54 Å². The number of nitrogens with zero attached hydrogens (tertiary/aromatic N) is 5. The second kappa shape index (κ2) is 5.97. The molecule has 0 aliphatic carbocycles. The molecule has 1 aliphatic heterocycles. The molecule has 114 valence electrons. The van der Waals surface area contributed by atoms with Crippen LogP contribution in [-0.4, -0.2) is 36.4 Å². The van der Waals surface area contributed by atoms with Crippen molar-refractivity contribution in [3.8, 4) is 0 Å². The van der Waals surface area contributed by atoms with Gasteiger partial charge in [0.1, 0.15) is 5.82 Å². The lowest BCUT2D eigenvalue weighted by molar-refractivity contribution is 0.130. The minimum Gasteiger partial charge on any atom is -0.288 e. The molecule has 0 bridgehead atoms. The molecular formula is C15H24N6. The van der Waals surface area contributed by atoms with Crippen molar-refractivity contribution in [1.82, 2.24) is 29.9 Å². The Morgan fingerprint density at radius 1 is 1.38 bits per heavy atom. The molecule has 2 aromatic rings. The van der Waals surface area contributed by atoms with E-state index in [0.29, 0.717) is 12.0 Å². The molecule has 1 fully saturated rings. The fourth-order valence-electron chi connectivity index (χ4n) is 2.95. The van der Waals surface area contributed by atoms with Crippen LogP contribution in [0.2, 0.25) is 0 Å². The van der Waals surface area contributed by atoms with E-state index in [1.807, 2.05) is 17.9 Å². The van der Waals surface area contributed by atoms with E-state index in [-0.39, 0.29) is 0 Å². The fourth-order valence-corrected chi connectivity index (χ4v) is 2.95. The monoisotopic (exact) mass is 288 g/mol. The first kappa shape index (κ1) is 14.3. The zero-order valence-electron chi connectivity index (χ0n) is 13.1. The number of rotatable bonds is 4. The number of piperidine rings is 1. The first-order valence-electron chi connectivity index (χ1n) is 7.78. The molecule has 1 N–H and O–H groups in total. The van der Waals surface area contributed by atoms with Gasteiger partial charge in [0, 0.05) is 25.7 Å². The highest BCUT2D eigenvalue weighted by Crippen LogP contribution is 2.30. The average molecular weight is 288 g/mol. The third kappa shape index (κ3) is 3.00. The number of H-pyrrole nitrogens is 1. The molecular weight excluding hydrogens is 264 g/mol. The zero-order valence-corrected chi connectivity index (χ0v) is 13.1. The molecule has 0 amide bonds. The van der Waals surface area contributed by atoms with Crippen LogP contribution in [0.25, 0.3) is 0 Å². The van der Waals surface area contributed by atoms with Gasteiger partial charge in [0.2, 0.25) is 0 Å². The van der Waals surface area contributed by atoms with Crippen molar-refractivity contribution in [2.24, 2.45) is 7.05 Å². The summed E-state index contributed by atoms with van der Waals surface area (Å²) in [6.07, 6.45) is 5.51. The van der Waals surface area contributed by atoms with Crippen molar-refractivity contribution in [3.05, 3.63) is 29.6 Å². The predicted octanol–water partition coefficient (Wildman–Crippen LogP) is 2.39. The Hall–Kier alpha value is -1.69. The molecule has 0 unspecified atom stereocenters. The Bertz CT molecular complexity index is 585. The SMILES string of the molecule is CC(C)c1n[nH]c([C@H]2CCCCN2Cc2ccnn2C)n1. The smallest absolute Gasteiger partial charge is 0.153 e. The summed E-state index contributed by atoms with van der Waals surface area (Å²) < 4.78 is 1.95. The molecule has 0 saturated carbocycles. The van der Waals surface area contributed by atoms with Crippen molar-refractivity contribution in [1.29, 1.82) is 0 Å². The van der Waals surface area contributed by atoms with Crippen LogP contribution in [0, 0.1) is 0 Å². The van der Waals surface area contributed by atoms with Gasteiger partial charge in [-0.25, -0.2) is 4.98 Å². The molecule has 2 aromatic heterocycles. The van der Waals surface area contributed by atoms with Crippen LogP contribution < -0.4 is 0 Å². The van der Waals surface area contributed by atoms with Crippen LogP contribution in [-0.2, 0) is 13.6 Å². The van der Waals surface area contributed by atoms with E-state index in [1.54, 1.807) is 0 Å². The Kier molecular flexibility index (Phi) is 4.05. The molecule has 0 radical (unpaired) electrons. The summed E-state index contributed by atoms with van der Waals surface area (Å²) in [6, 6.07) is 2.43. The fraction of sp³-hybridized carbons (Fsp3) is 0.667. The second-order valence-electron chi connectivity index (χ2n) is 6.16. The van der Waals surface area contributed by atoms with Gasteiger partial charge in [0.05, 0.1) is 11.7 Å². The summed E-state index contributed by atoms with van der Waals surface area (Å²) in [5, 5.41) is 11.8. The normalized spacial score (nSPS) is 20.3. The van der Waals surface area contributed by atoms with Crippen LogP contribution in [0.5, 0.6) is 0 Å². The van der Waals surface area contributed by atoms with E-state index in [0.717, 1.165) is 31.2 Å². The van der Waals surface area contributed by atoms with Gasteiger partial charge in [-0.3, -0.25) is 14.7 Å². The van der Waals surface area contributed by atoms with E-state index in [2.05, 4.69) is 40.1 Å². The highest BCUT2D eigenvalue weighted by Gasteiger charge is 2.27. The number of aromatic amines is 1. The van der Waals surface area contributed by atoms with Gasteiger partial charge in [-0.05, 0) is 25.5 Å². The van der Waals surface area contributed by atoms with E-state index >= 15 is 0 Å². The Morgan fingerprint density at radius 2 is 2.24 bits per heavy atom. The van der Waals surface area contributed by atoms with Crippen molar-refractivity contribution in [3.63, 3.8) is 0 Å². The lowest BCUT2D eigenvalue weighted by Gasteiger charge is -2.34. The van der Waals surface area contributed by atoms with Crippen molar-refractivity contribution >= 4 is 0 Å². The molecule has 0 aromatic carbocycles. The third-order valence-corrected chi connectivity index (χ3v) is 4.25. The third-order valence-electron chi connectivity index (χ3n) is 4.25. The maximum Gasteiger partial charge on any atom is 0.153 e. The molecule has 1 aliphatic rings. The number of aryl methyl sites for hydroxylation is 1. The summed E-state index contributed by atoms with van der Waals surface area (Å²) in [5.41, 5.74) is 1.24. The van der Waals surface area contributed by atoms with Crippen LogP contribution in [0.15, 0.2) is 12.3 Å². The minimum absolute atomic E-state index is 0.341. The molecule has 1 saturated heterocycles. The van der Waals surface area contributed by atoms with Gasteiger partial charge in [0.15, 0.2) is 5.82 Å².